The van der Waals surface area contributed by atoms with Crippen molar-refractivity contribution in [1.29, 1.82) is 0 Å². The SMILES string of the molecule is COCCOc1cccc(NC(=O)c2nn[nH]n2)c1. The third kappa shape index (κ3) is 3.75. The van der Waals surface area contributed by atoms with Crippen molar-refractivity contribution in [3.05, 3.63) is 30.1 Å². The highest BCUT2D eigenvalue weighted by Crippen LogP contribution is 2.17. The number of benzene rings is 1. The Labute approximate surface area is 109 Å². The molecule has 2 aromatic rings. The van der Waals surface area contributed by atoms with E-state index < -0.39 is 5.91 Å². The van der Waals surface area contributed by atoms with Crippen LogP contribution in [-0.4, -0.2) is 46.9 Å². The van der Waals surface area contributed by atoms with Gasteiger partial charge in [-0.2, -0.15) is 5.21 Å². The van der Waals surface area contributed by atoms with Crippen LogP contribution in [0.1, 0.15) is 10.6 Å². The highest BCUT2D eigenvalue weighted by atomic mass is 16.5. The Hall–Kier alpha value is -2.48. The van der Waals surface area contributed by atoms with Gasteiger partial charge in [-0.1, -0.05) is 6.07 Å². The van der Waals surface area contributed by atoms with E-state index in [1.54, 1.807) is 31.4 Å². The van der Waals surface area contributed by atoms with Gasteiger partial charge in [0.15, 0.2) is 0 Å². The molecule has 2 rings (SSSR count). The van der Waals surface area contributed by atoms with Crippen molar-refractivity contribution in [2.45, 2.75) is 0 Å². The summed E-state index contributed by atoms with van der Waals surface area (Å²) in [5, 5.41) is 15.3. The van der Waals surface area contributed by atoms with E-state index in [0.717, 1.165) is 0 Å². The topological polar surface area (TPSA) is 102 Å². The van der Waals surface area contributed by atoms with E-state index in [1.165, 1.54) is 0 Å². The maximum absolute atomic E-state index is 11.7. The number of aromatic nitrogens is 4. The van der Waals surface area contributed by atoms with Crippen LogP contribution in [0.3, 0.4) is 0 Å². The molecule has 0 bridgehead atoms. The van der Waals surface area contributed by atoms with Crippen molar-refractivity contribution >= 4 is 11.6 Å². The minimum absolute atomic E-state index is 0.0225. The average molecular weight is 263 g/mol. The van der Waals surface area contributed by atoms with Gasteiger partial charge in [0, 0.05) is 18.9 Å². The number of amides is 1. The van der Waals surface area contributed by atoms with Crippen molar-refractivity contribution < 1.29 is 14.3 Å². The van der Waals surface area contributed by atoms with Gasteiger partial charge >= 0.3 is 0 Å². The molecule has 0 aliphatic carbocycles. The number of nitrogens with one attached hydrogen (secondary N) is 2. The van der Waals surface area contributed by atoms with Crippen LogP contribution in [0.5, 0.6) is 5.75 Å². The number of carbonyl (C=O) groups is 1. The summed E-state index contributed by atoms with van der Waals surface area (Å²) in [6.45, 7) is 0.943. The van der Waals surface area contributed by atoms with Crippen molar-refractivity contribution in [2.75, 3.05) is 25.6 Å². The van der Waals surface area contributed by atoms with Gasteiger partial charge < -0.3 is 14.8 Å². The van der Waals surface area contributed by atoms with E-state index in [9.17, 15) is 4.79 Å². The normalized spacial score (nSPS) is 10.2. The van der Waals surface area contributed by atoms with Crippen LogP contribution in [0.4, 0.5) is 5.69 Å². The second-order valence-electron chi connectivity index (χ2n) is 3.56. The molecule has 0 saturated carbocycles. The number of hydrogen-bond donors (Lipinski definition) is 2. The predicted molar refractivity (Wildman–Crippen MR) is 65.9 cm³/mol. The van der Waals surface area contributed by atoms with Crippen LogP contribution in [0, 0.1) is 0 Å². The Bertz CT molecular complexity index is 529. The second kappa shape index (κ2) is 6.45. The molecule has 100 valence electrons. The molecule has 0 spiro atoms. The number of hydrogen-bond acceptors (Lipinski definition) is 6. The lowest BCUT2D eigenvalue weighted by Gasteiger charge is -2.07. The van der Waals surface area contributed by atoms with Crippen molar-refractivity contribution in [3.63, 3.8) is 0 Å². The van der Waals surface area contributed by atoms with Crippen LogP contribution in [0.2, 0.25) is 0 Å². The molecule has 0 radical (unpaired) electrons. The largest absolute Gasteiger partial charge is 0.491 e. The fourth-order valence-electron chi connectivity index (χ4n) is 1.35. The summed E-state index contributed by atoms with van der Waals surface area (Å²) in [7, 11) is 1.60. The third-order valence-corrected chi connectivity index (χ3v) is 2.20. The molecule has 19 heavy (non-hydrogen) atoms. The molecule has 1 aromatic heterocycles. The van der Waals surface area contributed by atoms with Crippen molar-refractivity contribution in [1.82, 2.24) is 20.6 Å². The molecule has 0 aliphatic rings. The van der Waals surface area contributed by atoms with Gasteiger partial charge in [0.05, 0.1) is 6.61 Å². The summed E-state index contributed by atoms with van der Waals surface area (Å²) in [6.07, 6.45) is 0. The molecule has 0 atom stereocenters. The highest BCUT2D eigenvalue weighted by molar-refractivity contribution is 6.01. The Morgan fingerprint density at radius 1 is 1.42 bits per heavy atom. The number of H-pyrrole nitrogens is 1. The summed E-state index contributed by atoms with van der Waals surface area (Å²) in [5.74, 6) is 0.177. The number of ether oxygens (including phenoxy) is 2. The smallest absolute Gasteiger partial charge is 0.297 e. The molecule has 0 aliphatic heterocycles. The van der Waals surface area contributed by atoms with E-state index >= 15 is 0 Å². The molecule has 8 nitrogen and oxygen atoms in total. The van der Waals surface area contributed by atoms with Gasteiger partial charge in [0.2, 0.25) is 0 Å². The Balaban J connectivity index is 1.97. The maximum atomic E-state index is 11.7. The zero-order valence-corrected chi connectivity index (χ0v) is 10.3. The monoisotopic (exact) mass is 263 g/mol. The standard InChI is InChI=1S/C11H13N5O3/c1-18-5-6-19-9-4-2-3-8(7-9)12-11(17)10-13-15-16-14-10/h2-4,7H,5-6H2,1H3,(H,12,17)(H,13,14,15,16). The summed E-state index contributed by atoms with van der Waals surface area (Å²) in [5.41, 5.74) is 0.588. The van der Waals surface area contributed by atoms with Crippen molar-refractivity contribution in [2.24, 2.45) is 0 Å². The van der Waals surface area contributed by atoms with Gasteiger partial charge in [0.1, 0.15) is 12.4 Å². The summed E-state index contributed by atoms with van der Waals surface area (Å²) in [4.78, 5) is 11.7. The van der Waals surface area contributed by atoms with Gasteiger partial charge in [-0.3, -0.25) is 4.79 Å². The third-order valence-electron chi connectivity index (χ3n) is 2.20. The number of nitrogens with zero attached hydrogens (tertiary/aromatic N) is 3. The predicted octanol–water partition coefficient (Wildman–Crippen LogP) is 0.477. The number of methoxy groups -OCH3 is 1. The summed E-state index contributed by atoms with van der Waals surface area (Å²) in [6, 6.07) is 7.00. The maximum Gasteiger partial charge on any atom is 0.297 e. The molecule has 0 fully saturated rings. The quantitative estimate of drug-likeness (QED) is 0.735. The van der Waals surface area contributed by atoms with Gasteiger partial charge in [0.25, 0.3) is 11.7 Å². The molecular formula is C11H13N5O3. The minimum atomic E-state index is -0.442. The van der Waals surface area contributed by atoms with E-state index in [-0.39, 0.29) is 5.82 Å². The molecular weight excluding hydrogens is 250 g/mol. The lowest BCUT2D eigenvalue weighted by atomic mass is 10.3. The first-order valence-corrected chi connectivity index (χ1v) is 5.56. The van der Waals surface area contributed by atoms with E-state index in [2.05, 4.69) is 25.9 Å². The van der Waals surface area contributed by atoms with Crippen LogP contribution >= 0.6 is 0 Å². The number of carbonyl (C=O) groups excluding carboxylic acids is 1. The van der Waals surface area contributed by atoms with Gasteiger partial charge in [-0.15, -0.1) is 10.2 Å². The van der Waals surface area contributed by atoms with Crippen LogP contribution in [0.15, 0.2) is 24.3 Å². The summed E-state index contributed by atoms with van der Waals surface area (Å²) >= 11 is 0. The Kier molecular flexibility index (Phi) is 4.40. The lowest BCUT2D eigenvalue weighted by molar-refractivity contribution is 0.101. The molecule has 1 amide bonds. The van der Waals surface area contributed by atoms with Gasteiger partial charge in [-0.05, 0) is 17.3 Å². The van der Waals surface area contributed by atoms with Crippen LogP contribution in [-0.2, 0) is 4.74 Å². The number of rotatable bonds is 6. The first-order chi connectivity index (χ1) is 9.29. The first kappa shape index (κ1) is 13.0. The highest BCUT2D eigenvalue weighted by Gasteiger charge is 2.10. The summed E-state index contributed by atoms with van der Waals surface area (Å²) < 4.78 is 10.3. The van der Waals surface area contributed by atoms with E-state index in [1.807, 2.05) is 0 Å². The Morgan fingerprint density at radius 3 is 3.05 bits per heavy atom. The fraction of sp³-hybridized carbons (Fsp3) is 0.273. The fourth-order valence-corrected chi connectivity index (χ4v) is 1.35. The molecule has 0 unspecified atom stereocenters. The Morgan fingerprint density at radius 2 is 2.32 bits per heavy atom. The molecule has 2 N–H and O–H groups in total. The molecule has 8 heteroatoms. The zero-order chi connectivity index (χ0) is 13.5. The molecule has 0 saturated heterocycles. The van der Waals surface area contributed by atoms with Gasteiger partial charge in [-0.25, -0.2) is 0 Å². The van der Waals surface area contributed by atoms with E-state index in [0.29, 0.717) is 24.7 Å². The molecule has 1 aromatic carbocycles. The number of anilines is 1. The average Bonchev–Trinajstić information content (AvgIpc) is 2.93. The lowest BCUT2D eigenvalue weighted by Crippen LogP contribution is -2.14. The minimum Gasteiger partial charge on any atom is -0.491 e. The molecule has 1 heterocycles. The van der Waals surface area contributed by atoms with Crippen LogP contribution in [0.25, 0.3) is 0 Å². The first-order valence-electron chi connectivity index (χ1n) is 5.56. The van der Waals surface area contributed by atoms with Crippen molar-refractivity contribution in [3.8, 4) is 5.75 Å². The zero-order valence-electron chi connectivity index (χ0n) is 10.3. The number of tetrazole rings is 1. The number of aromatic amines is 1. The van der Waals surface area contributed by atoms with E-state index in [4.69, 9.17) is 9.47 Å². The second-order valence-corrected chi connectivity index (χ2v) is 3.56. The van der Waals surface area contributed by atoms with Crippen LogP contribution < -0.4 is 10.1 Å².